The Hall–Kier alpha value is -1.85. The van der Waals surface area contributed by atoms with E-state index in [1.807, 2.05) is 0 Å². The molecule has 0 amide bonds. The van der Waals surface area contributed by atoms with E-state index in [2.05, 4.69) is 13.5 Å². The minimum atomic E-state index is -0.597. The number of aromatic nitrogens is 3. The van der Waals surface area contributed by atoms with E-state index in [-0.39, 0.29) is 6.54 Å². The molecule has 6 nitrogen and oxygen atoms in total. The first-order valence-corrected chi connectivity index (χ1v) is 6.56. The summed E-state index contributed by atoms with van der Waals surface area (Å²) in [6.07, 6.45) is 5.35. The Morgan fingerprint density at radius 1 is 1.00 bits per heavy atom. The van der Waals surface area contributed by atoms with E-state index in [0.717, 1.165) is 39.4 Å². The number of allylic oxidation sites excluding steroid dienone is 1. The maximum Gasteiger partial charge on any atom is 0.336 e. The fourth-order valence-electron chi connectivity index (χ4n) is 1.93. The lowest BCUT2D eigenvalue weighted by molar-refractivity contribution is 0.468. The van der Waals surface area contributed by atoms with Gasteiger partial charge in [0, 0.05) is 13.6 Å². The first kappa shape index (κ1) is 15.2. The fourth-order valence-corrected chi connectivity index (χ4v) is 1.93. The van der Waals surface area contributed by atoms with Crippen LogP contribution in [0.15, 0.2) is 27.0 Å². The van der Waals surface area contributed by atoms with Gasteiger partial charge in [-0.15, -0.1) is 6.58 Å². The molecule has 0 atom stereocenters. The summed E-state index contributed by atoms with van der Waals surface area (Å²) in [6, 6.07) is 0. The molecule has 1 aromatic heterocycles. The van der Waals surface area contributed by atoms with E-state index >= 15 is 0 Å². The number of hydrogen-bond donors (Lipinski definition) is 0. The lowest BCUT2D eigenvalue weighted by atomic mass is 10.2. The van der Waals surface area contributed by atoms with E-state index < -0.39 is 17.1 Å². The highest BCUT2D eigenvalue weighted by molar-refractivity contribution is 4.81. The Morgan fingerprint density at radius 3 is 2.21 bits per heavy atom. The van der Waals surface area contributed by atoms with Gasteiger partial charge in [0.05, 0.1) is 6.54 Å². The van der Waals surface area contributed by atoms with Gasteiger partial charge in [-0.25, -0.2) is 28.1 Å². The topological polar surface area (TPSA) is 66.0 Å². The molecule has 1 aromatic rings. The van der Waals surface area contributed by atoms with Crippen molar-refractivity contribution in [3.05, 3.63) is 44.1 Å². The molecule has 0 aliphatic rings. The summed E-state index contributed by atoms with van der Waals surface area (Å²) >= 11 is 0. The summed E-state index contributed by atoms with van der Waals surface area (Å²) in [7, 11) is 1.38. The van der Waals surface area contributed by atoms with Gasteiger partial charge in [-0.3, -0.25) is 0 Å². The SMILES string of the molecule is C=CCn1c(=O)n(C)c(=O)n(CCCCCC)c1=O. The van der Waals surface area contributed by atoms with Crippen LogP contribution in [0.3, 0.4) is 0 Å². The number of nitrogens with zero attached hydrogens (tertiary/aromatic N) is 3. The second-order valence-corrected chi connectivity index (χ2v) is 4.52. The molecule has 1 heterocycles. The smallest absolute Gasteiger partial charge is 0.248 e. The Morgan fingerprint density at radius 2 is 1.63 bits per heavy atom. The number of rotatable bonds is 7. The minimum Gasteiger partial charge on any atom is -0.248 e. The van der Waals surface area contributed by atoms with Crippen LogP contribution in [-0.2, 0) is 20.1 Å². The molecule has 19 heavy (non-hydrogen) atoms. The first-order valence-electron chi connectivity index (χ1n) is 6.56. The van der Waals surface area contributed by atoms with Crippen molar-refractivity contribution in [3.63, 3.8) is 0 Å². The summed E-state index contributed by atoms with van der Waals surface area (Å²) in [5, 5.41) is 0. The summed E-state index contributed by atoms with van der Waals surface area (Å²) in [6.45, 7) is 6.07. The van der Waals surface area contributed by atoms with Crippen LogP contribution in [0.4, 0.5) is 0 Å². The van der Waals surface area contributed by atoms with Crippen LogP contribution in [0.1, 0.15) is 32.6 Å². The van der Waals surface area contributed by atoms with Gasteiger partial charge < -0.3 is 0 Å². The Balaban J connectivity index is 3.17. The van der Waals surface area contributed by atoms with E-state index in [9.17, 15) is 14.4 Å². The predicted molar refractivity (Wildman–Crippen MR) is 74.5 cm³/mol. The summed E-state index contributed by atoms with van der Waals surface area (Å²) < 4.78 is 3.11. The Labute approximate surface area is 111 Å². The fraction of sp³-hybridized carbons (Fsp3) is 0.615. The highest BCUT2D eigenvalue weighted by Gasteiger charge is 2.11. The molecular formula is C13H21N3O3. The van der Waals surface area contributed by atoms with Crippen LogP contribution in [0.25, 0.3) is 0 Å². The first-order chi connectivity index (χ1) is 9.04. The van der Waals surface area contributed by atoms with Crippen LogP contribution in [0.5, 0.6) is 0 Å². The Bertz CT molecular complexity index is 607. The van der Waals surface area contributed by atoms with Gasteiger partial charge >= 0.3 is 17.1 Å². The molecule has 106 valence electrons. The number of unbranched alkanes of at least 4 members (excludes halogenated alkanes) is 3. The summed E-state index contributed by atoms with van der Waals surface area (Å²) in [5.74, 6) is 0. The largest absolute Gasteiger partial charge is 0.336 e. The van der Waals surface area contributed by atoms with Gasteiger partial charge in [0.15, 0.2) is 0 Å². The molecule has 0 N–H and O–H groups in total. The second kappa shape index (κ2) is 6.92. The molecule has 0 fully saturated rings. The molecule has 0 bridgehead atoms. The third kappa shape index (κ3) is 3.33. The Kier molecular flexibility index (Phi) is 5.54. The normalized spacial score (nSPS) is 10.6. The van der Waals surface area contributed by atoms with Gasteiger partial charge in [0.25, 0.3) is 0 Å². The highest BCUT2D eigenvalue weighted by atomic mass is 16.2. The highest BCUT2D eigenvalue weighted by Crippen LogP contribution is 1.98. The van der Waals surface area contributed by atoms with Gasteiger partial charge in [0.1, 0.15) is 0 Å². The molecule has 0 aliphatic heterocycles. The molecule has 0 unspecified atom stereocenters. The van der Waals surface area contributed by atoms with E-state index in [1.54, 1.807) is 0 Å². The summed E-state index contributed by atoms with van der Waals surface area (Å²) in [5.41, 5.74) is -1.70. The van der Waals surface area contributed by atoms with Gasteiger partial charge in [-0.1, -0.05) is 32.3 Å². The standard InChI is InChI=1S/C13H21N3O3/c1-4-6-7-8-10-16-12(18)14(3)11(17)15(9-5-2)13(16)19/h5H,2,4,6-10H2,1,3H3. The van der Waals surface area contributed by atoms with Crippen LogP contribution in [-0.4, -0.2) is 13.7 Å². The van der Waals surface area contributed by atoms with Crippen molar-refractivity contribution in [1.29, 1.82) is 0 Å². The van der Waals surface area contributed by atoms with Crippen molar-refractivity contribution >= 4 is 0 Å². The van der Waals surface area contributed by atoms with Crippen molar-refractivity contribution in [1.82, 2.24) is 13.7 Å². The third-order valence-corrected chi connectivity index (χ3v) is 3.04. The zero-order valence-electron chi connectivity index (χ0n) is 11.6. The molecule has 0 aromatic carbocycles. The summed E-state index contributed by atoms with van der Waals surface area (Å²) in [4.78, 5) is 35.8. The van der Waals surface area contributed by atoms with Crippen LogP contribution >= 0.6 is 0 Å². The minimum absolute atomic E-state index is 0.112. The average Bonchev–Trinajstić information content (AvgIpc) is 2.40. The van der Waals surface area contributed by atoms with Crippen LogP contribution < -0.4 is 17.1 Å². The van der Waals surface area contributed by atoms with E-state index in [0.29, 0.717) is 6.54 Å². The zero-order chi connectivity index (χ0) is 14.4. The molecule has 6 heteroatoms. The second-order valence-electron chi connectivity index (χ2n) is 4.52. The quantitative estimate of drug-likeness (QED) is 0.533. The zero-order valence-corrected chi connectivity index (χ0v) is 11.6. The van der Waals surface area contributed by atoms with E-state index in [1.165, 1.54) is 13.1 Å². The van der Waals surface area contributed by atoms with Crippen molar-refractivity contribution in [2.75, 3.05) is 0 Å². The lowest BCUT2D eigenvalue weighted by Gasteiger charge is -2.10. The molecule has 0 saturated carbocycles. The van der Waals surface area contributed by atoms with Gasteiger partial charge in [-0.05, 0) is 6.42 Å². The predicted octanol–water partition coefficient (Wildman–Crippen LogP) is 0.475. The molecule has 0 saturated heterocycles. The van der Waals surface area contributed by atoms with Crippen molar-refractivity contribution in [2.24, 2.45) is 7.05 Å². The molecule has 1 rings (SSSR count). The van der Waals surface area contributed by atoms with Crippen molar-refractivity contribution < 1.29 is 0 Å². The molecular weight excluding hydrogens is 246 g/mol. The van der Waals surface area contributed by atoms with Crippen LogP contribution in [0.2, 0.25) is 0 Å². The number of hydrogen-bond acceptors (Lipinski definition) is 3. The maximum absolute atomic E-state index is 12.1. The molecule has 0 radical (unpaired) electrons. The molecule has 0 aliphatic carbocycles. The third-order valence-electron chi connectivity index (χ3n) is 3.04. The lowest BCUT2D eigenvalue weighted by Crippen LogP contribution is -2.53. The van der Waals surface area contributed by atoms with Gasteiger partial charge in [0.2, 0.25) is 0 Å². The van der Waals surface area contributed by atoms with Crippen molar-refractivity contribution in [3.8, 4) is 0 Å². The average molecular weight is 267 g/mol. The molecule has 0 spiro atoms. The van der Waals surface area contributed by atoms with Gasteiger partial charge in [-0.2, -0.15) is 0 Å². The monoisotopic (exact) mass is 267 g/mol. The van der Waals surface area contributed by atoms with E-state index in [4.69, 9.17) is 0 Å². The van der Waals surface area contributed by atoms with Crippen molar-refractivity contribution in [2.45, 2.75) is 45.7 Å². The van der Waals surface area contributed by atoms with Crippen LogP contribution in [0, 0.1) is 0 Å². The maximum atomic E-state index is 12.1.